The lowest BCUT2D eigenvalue weighted by atomic mass is 10.0. The van der Waals surface area contributed by atoms with Gasteiger partial charge in [0.1, 0.15) is 0 Å². The van der Waals surface area contributed by atoms with Crippen LogP contribution in [0, 0.1) is 0 Å². The van der Waals surface area contributed by atoms with Crippen LogP contribution in [0.2, 0.25) is 5.02 Å². The first-order valence-electron chi connectivity index (χ1n) is 6.77. The van der Waals surface area contributed by atoms with Gasteiger partial charge in [0, 0.05) is 30.8 Å². The van der Waals surface area contributed by atoms with Gasteiger partial charge in [0.2, 0.25) is 0 Å². The maximum atomic E-state index is 12.7. The first-order valence-corrected chi connectivity index (χ1v) is 7.14. The summed E-state index contributed by atoms with van der Waals surface area (Å²) in [5.41, 5.74) is 1.06. The van der Waals surface area contributed by atoms with Crippen molar-refractivity contribution in [2.24, 2.45) is 0 Å². The molecule has 1 N–H and O–H groups in total. The van der Waals surface area contributed by atoms with Crippen LogP contribution in [0.3, 0.4) is 0 Å². The molecule has 1 aliphatic heterocycles. The van der Waals surface area contributed by atoms with Crippen LogP contribution in [0.4, 0.5) is 5.69 Å². The average molecular weight is 297 g/mol. The summed E-state index contributed by atoms with van der Waals surface area (Å²) in [6, 6.07) is 5.31. The third-order valence-electron chi connectivity index (χ3n) is 3.34. The van der Waals surface area contributed by atoms with E-state index in [0.717, 1.165) is 5.69 Å². The SMILES string of the molecule is CNc1ccc(Cl)cc1C(=O)N1CC(C)OC(C)(C)C1. The fraction of sp³-hybridized carbons (Fsp3) is 0.533. The van der Waals surface area contributed by atoms with Crippen molar-refractivity contribution in [3.63, 3.8) is 0 Å². The summed E-state index contributed by atoms with van der Waals surface area (Å²) in [6.45, 7) is 7.15. The van der Waals surface area contributed by atoms with Crippen LogP contribution in [-0.4, -0.2) is 42.6 Å². The van der Waals surface area contributed by atoms with Crippen LogP contribution in [0.1, 0.15) is 31.1 Å². The molecule has 0 spiro atoms. The van der Waals surface area contributed by atoms with Crippen molar-refractivity contribution in [3.8, 4) is 0 Å². The number of benzene rings is 1. The second-order valence-corrected chi connectivity index (χ2v) is 6.25. The lowest BCUT2D eigenvalue weighted by molar-refractivity contribution is -0.118. The van der Waals surface area contributed by atoms with Crippen LogP contribution < -0.4 is 5.32 Å². The van der Waals surface area contributed by atoms with Crippen LogP contribution >= 0.6 is 11.6 Å². The van der Waals surface area contributed by atoms with E-state index in [0.29, 0.717) is 23.7 Å². The largest absolute Gasteiger partial charge is 0.387 e. The van der Waals surface area contributed by atoms with Gasteiger partial charge in [-0.15, -0.1) is 0 Å². The van der Waals surface area contributed by atoms with E-state index in [9.17, 15) is 4.79 Å². The summed E-state index contributed by atoms with van der Waals surface area (Å²) in [6.07, 6.45) is 0.0277. The molecule has 4 nitrogen and oxygen atoms in total. The number of nitrogens with one attached hydrogen (secondary N) is 1. The van der Waals surface area contributed by atoms with E-state index >= 15 is 0 Å². The molecule has 0 saturated carbocycles. The van der Waals surface area contributed by atoms with Gasteiger partial charge >= 0.3 is 0 Å². The highest BCUT2D eigenvalue weighted by atomic mass is 35.5. The van der Waals surface area contributed by atoms with Crippen molar-refractivity contribution in [3.05, 3.63) is 28.8 Å². The molecule has 1 aromatic rings. The van der Waals surface area contributed by atoms with Gasteiger partial charge in [0.15, 0.2) is 0 Å². The maximum Gasteiger partial charge on any atom is 0.256 e. The molecule has 1 atom stereocenters. The van der Waals surface area contributed by atoms with E-state index in [2.05, 4.69) is 5.32 Å². The predicted molar refractivity (Wildman–Crippen MR) is 81.5 cm³/mol. The van der Waals surface area contributed by atoms with Crippen molar-refractivity contribution < 1.29 is 9.53 Å². The maximum absolute atomic E-state index is 12.7. The van der Waals surface area contributed by atoms with Gasteiger partial charge in [-0.1, -0.05) is 11.6 Å². The van der Waals surface area contributed by atoms with Gasteiger partial charge in [-0.25, -0.2) is 0 Å². The molecule has 1 saturated heterocycles. The minimum absolute atomic E-state index is 0.0138. The van der Waals surface area contributed by atoms with Crippen LogP contribution in [0.5, 0.6) is 0 Å². The quantitative estimate of drug-likeness (QED) is 0.912. The van der Waals surface area contributed by atoms with Crippen molar-refractivity contribution in [2.75, 3.05) is 25.5 Å². The predicted octanol–water partition coefficient (Wildman–Crippen LogP) is 3.02. The molecule has 2 rings (SSSR count). The number of rotatable bonds is 2. The van der Waals surface area contributed by atoms with E-state index in [1.165, 1.54) is 0 Å². The van der Waals surface area contributed by atoms with Crippen LogP contribution in [-0.2, 0) is 4.74 Å². The summed E-state index contributed by atoms with van der Waals surface area (Å²) in [5, 5.41) is 3.60. The Labute approximate surface area is 125 Å². The highest BCUT2D eigenvalue weighted by molar-refractivity contribution is 6.31. The molecule has 1 aliphatic rings. The summed E-state index contributed by atoms with van der Waals surface area (Å²) >= 11 is 6.02. The monoisotopic (exact) mass is 296 g/mol. The Morgan fingerprint density at radius 2 is 2.20 bits per heavy atom. The minimum Gasteiger partial charge on any atom is -0.387 e. The van der Waals surface area contributed by atoms with Crippen molar-refractivity contribution in [1.29, 1.82) is 0 Å². The number of ether oxygens (including phenoxy) is 1. The Morgan fingerprint density at radius 1 is 1.50 bits per heavy atom. The fourth-order valence-corrected chi connectivity index (χ4v) is 2.86. The lowest BCUT2D eigenvalue weighted by Crippen LogP contribution is -2.53. The second-order valence-electron chi connectivity index (χ2n) is 5.81. The normalized spacial score (nSPS) is 21.6. The number of anilines is 1. The minimum atomic E-state index is -0.328. The molecule has 1 aromatic carbocycles. The summed E-state index contributed by atoms with van der Waals surface area (Å²) in [5.74, 6) is -0.0138. The second kappa shape index (κ2) is 5.62. The molecular weight excluding hydrogens is 276 g/mol. The van der Waals surface area contributed by atoms with E-state index in [1.807, 2.05) is 31.7 Å². The number of carbonyl (C=O) groups is 1. The number of halogens is 1. The molecular formula is C15H21ClN2O2. The molecule has 1 amide bonds. The zero-order valence-electron chi connectivity index (χ0n) is 12.4. The standard InChI is InChI=1S/C15H21ClN2O2/c1-10-8-18(9-15(2,3)20-10)14(19)12-7-11(16)5-6-13(12)17-4/h5-7,10,17H,8-9H2,1-4H3. The number of hydrogen-bond donors (Lipinski definition) is 1. The van der Waals surface area contributed by atoms with Crippen molar-refractivity contribution in [2.45, 2.75) is 32.5 Å². The van der Waals surface area contributed by atoms with E-state index in [4.69, 9.17) is 16.3 Å². The molecule has 1 unspecified atom stereocenters. The summed E-state index contributed by atoms with van der Waals surface area (Å²) in [7, 11) is 1.80. The number of carbonyl (C=O) groups excluding carboxylic acids is 1. The van der Waals surface area contributed by atoms with Gasteiger partial charge < -0.3 is 15.0 Å². The van der Waals surface area contributed by atoms with E-state index in [1.54, 1.807) is 19.2 Å². The Bertz CT molecular complexity index is 517. The fourth-order valence-electron chi connectivity index (χ4n) is 2.69. The van der Waals surface area contributed by atoms with Gasteiger partial charge in [0.25, 0.3) is 5.91 Å². The van der Waals surface area contributed by atoms with E-state index in [-0.39, 0.29) is 17.6 Å². The molecule has 20 heavy (non-hydrogen) atoms. The van der Waals surface area contributed by atoms with Crippen molar-refractivity contribution >= 4 is 23.2 Å². The van der Waals surface area contributed by atoms with Gasteiger partial charge in [-0.3, -0.25) is 4.79 Å². The smallest absolute Gasteiger partial charge is 0.256 e. The number of amides is 1. The third-order valence-corrected chi connectivity index (χ3v) is 3.57. The third kappa shape index (κ3) is 3.25. The number of hydrogen-bond acceptors (Lipinski definition) is 3. The Kier molecular flexibility index (Phi) is 4.25. The molecule has 0 aromatic heterocycles. The first kappa shape index (κ1) is 15.1. The van der Waals surface area contributed by atoms with Crippen molar-refractivity contribution in [1.82, 2.24) is 4.90 Å². The Balaban J connectivity index is 2.29. The Morgan fingerprint density at radius 3 is 2.80 bits per heavy atom. The molecule has 0 radical (unpaired) electrons. The molecule has 110 valence electrons. The summed E-state index contributed by atoms with van der Waals surface area (Å²) < 4.78 is 5.83. The first-order chi connectivity index (χ1) is 9.32. The zero-order valence-corrected chi connectivity index (χ0v) is 13.1. The number of nitrogens with zero attached hydrogens (tertiary/aromatic N) is 1. The average Bonchev–Trinajstić information content (AvgIpc) is 2.35. The van der Waals surface area contributed by atoms with Gasteiger partial charge in [0.05, 0.1) is 17.3 Å². The molecule has 0 bridgehead atoms. The molecule has 5 heteroatoms. The molecule has 0 aliphatic carbocycles. The summed E-state index contributed by atoms with van der Waals surface area (Å²) in [4.78, 5) is 14.6. The lowest BCUT2D eigenvalue weighted by Gasteiger charge is -2.41. The molecule has 1 fully saturated rings. The highest BCUT2D eigenvalue weighted by Gasteiger charge is 2.34. The van der Waals surface area contributed by atoms with Gasteiger partial charge in [-0.2, -0.15) is 0 Å². The van der Waals surface area contributed by atoms with Crippen LogP contribution in [0.15, 0.2) is 18.2 Å². The highest BCUT2D eigenvalue weighted by Crippen LogP contribution is 2.26. The van der Waals surface area contributed by atoms with Crippen LogP contribution in [0.25, 0.3) is 0 Å². The zero-order chi connectivity index (χ0) is 14.9. The Hall–Kier alpha value is -1.26. The topological polar surface area (TPSA) is 41.6 Å². The van der Waals surface area contributed by atoms with E-state index < -0.39 is 0 Å². The number of morpholine rings is 1. The molecule has 1 heterocycles. The van der Waals surface area contributed by atoms with Gasteiger partial charge in [-0.05, 0) is 39.0 Å².